The van der Waals surface area contributed by atoms with E-state index in [1.54, 1.807) is 25.3 Å². The molecule has 5 nitrogen and oxygen atoms in total. The Balaban J connectivity index is 2.88. The number of amides is 1. The van der Waals surface area contributed by atoms with Crippen LogP contribution >= 0.6 is 28.1 Å². The van der Waals surface area contributed by atoms with Crippen LogP contribution in [0, 0.1) is 0 Å². The molecule has 0 radical (unpaired) electrons. The molecule has 1 aromatic rings. The molecule has 1 aromatic carbocycles. The Morgan fingerprint density at radius 3 is 2.83 bits per heavy atom. The minimum atomic E-state index is -0.406. The fraction of sp³-hybridized carbons (Fsp3) is 0.273. The van der Waals surface area contributed by atoms with Crippen molar-refractivity contribution in [3.63, 3.8) is 0 Å². The van der Waals surface area contributed by atoms with Gasteiger partial charge in [0, 0.05) is 11.6 Å². The van der Waals surface area contributed by atoms with Crippen molar-refractivity contribution in [2.45, 2.75) is 0 Å². The number of thiocarbonyl (C=S) groups is 1. The van der Waals surface area contributed by atoms with Gasteiger partial charge in [0.2, 0.25) is 0 Å². The van der Waals surface area contributed by atoms with E-state index in [9.17, 15) is 4.79 Å². The second-order valence-corrected chi connectivity index (χ2v) is 4.66. The second kappa shape index (κ2) is 7.30. The summed E-state index contributed by atoms with van der Waals surface area (Å²) in [6.07, 6.45) is 0. The van der Waals surface area contributed by atoms with Crippen molar-refractivity contribution in [2.24, 2.45) is 5.73 Å². The normalized spacial score (nSPS) is 9.89. The highest BCUT2D eigenvalue weighted by Crippen LogP contribution is 2.23. The number of benzene rings is 1. The Kier molecular flexibility index (Phi) is 6.03. The van der Waals surface area contributed by atoms with Crippen molar-refractivity contribution < 1.29 is 14.3 Å². The van der Waals surface area contributed by atoms with Crippen LogP contribution in [-0.2, 0) is 4.74 Å². The van der Waals surface area contributed by atoms with Crippen LogP contribution in [0.1, 0.15) is 10.4 Å². The van der Waals surface area contributed by atoms with Crippen LogP contribution in [0.3, 0.4) is 0 Å². The van der Waals surface area contributed by atoms with Crippen LogP contribution in [0.2, 0.25) is 0 Å². The molecular weight excluding hydrogens is 320 g/mol. The van der Waals surface area contributed by atoms with E-state index in [1.807, 2.05) is 0 Å². The predicted molar refractivity (Wildman–Crippen MR) is 75.8 cm³/mol. The average Bonchev–Trinajstić information content (AvgIpc) is 2.30. The van der Waals surface area contributed by atoms with Crippen LogP contribution in [0.15, 0.2) is 22.7 Å². The molecule has 0 saturated heterocycles. The number of carbonyl (C=O) groups is 1. The first-order chi connectivity index (χ1) is 8.54. The van der Waals surface area contributed by atoms with Gasteiger partial charge in [-0.2, -0.15) is 0 Å². The van der Waals surface area contributed by atoms with Crippen molar-refractivity contribution in [1.82, 2.24) is 5.32 Å². The third-order valence-corrected chi connectivity index (χ3v) is 2.56. The molecule has 0 bridgehead atoms. The fourth-order valence-electron chi connectivity index (χ4n) is 1.22. The molecule has 0 aromatic heterocycles. The highest BCUT2D eigenvalue weighted by Gasteiger charge is 2.13. The molecule has 1 rings (SSSR count). The number of rotatable bonds is 5. The monoisotopic (exact) mass is 332 g/mol. The zero-order valence-electron chi connectivity index (χ0n) is 9.73. The van der Waals surface area contributed by atoms with E-state index in [2.05, 4.69) is 33.5 Å². The van der Waals surface area contributed by atoms with Crippen LogP contribution in [0.25, 0.3) is 0 Å². The summed E-state index contributed by atoms with van der Waals surface area (Å²) >= 11 is 7.92. The first-order valence-electron chi connectivity index (χ1n) is 5.06. The van der Waals surface area contributed by atoms with Crippen molar-refractivity contribution in [3.05, 3.63) is 28.2 Å². The summed E-state index contributed by atoms with van der Waals surface area (Å²) in [6.45, 7) is 0.790. The summed E-state index contributed by atoms with van der Waals surface area (Å²) in [7, 11) is 1.57. The molecule has 0 unspecified atom stereocenters. The van der Waals surface area contributed by atoms with E-state index in [0.29, 0.717) is 24.5 Å². The van der Waals surface area contributed by atoms with Gasteiger partial charge in [-0.05, 0) is 30.4 Å². The molecule has 0 fully saturated rings. The van der Waals surface area contributed by atoms with E-state index in [-0.39, 0.29) is 5.11 Å². The van der Waals surface area contributed by atoms with Gasteiger partial charge in [0.1, 0.15) is 12.4 Å². The van der Waals surface area contributed by atoms with Gasteiger partial charge in [-0.15, -0.1) is 0 Å². The highest BCUT2D eigenvalue weighted by molar-refractivity contribution is 9.10. The Labute approximate surface area is 119 Å². The molecule has 7 heteroatoms. The smallest absolute Gasteiger partial charge is 0.261 e. The van der Waals surface area contributed by atoms with Gasteiger partial charge in [0.15, 0.2) is 5.11 Å². The third kappa shape index (κ3) is 4.59. The van der Waals surface area contributed by atoms with Gasteiger partial charge >= 0.3 is 0 Å². The van der Waals surface area contributed by atoms with Gasteiger partial charge in [-0.1, -0.05) is 15.9 Å². The van der Waals surface area contributed by atoms with Gasteiger partial charge in [-0.3, -0.25) is 10.1 Å². The lowest BCUT2D eigenvalue weighted by atomic mass is 10.2. The Morgan fingerprint density at radius 1 is 1.50 bits per heavy atom. The molecule has 98 valence electrons. The quantitative estimate of drug-likeness (QED) is 0.630. The summed E-state index contributed by atoms with van der Waals surface area (Å²) in [4.78, 5) is 11.9. The highest BCUT2D eigenvalue weighted by atomic mass is 79.9. The number of halogens is 1. The van der Waals surface area contributed by atoms with Crippen LogP contribution < -0.4 is 15.8 Å². The van der Waals surface area contributed by atoms with Crippen molar-refractivity contribution in [1.29, 1.82) is 0 Å². The maximum atomic E-state index is 11.9. The lowest BCUT2D eigenvalue weighted by Gasteiger charge is -2.11. The Bertz CT molecular complexity index is 454. The number of hydrogen-bond donors (Lipinski definition) is 2. The van der Waals surface area contributed by atoms with E-state index < -0.39 is 5.91 Å². The molecular formula is C11H13BrN2O3S. The molecule has 3 N–H and O–H groups in total. The largest absolute Gasteiger partial charge is 0.490 e. The topological polar surface area (TPSA) is 73.6 Å². The first-order valence-corrected chi connectivity index (χ1v) is 6.26. The van der Waals surface area contributed by atoms with Gasteiger partial charge in [0.05, 0.1) is 12.2 Å². The summed E-state index contributed by atoms with van der Waals surface area (Å²) < 4.78 is 11.1. The lowest BCUT2D eigenvalue weighted by molar-refractivity contribution is 0.0969. The zero-order chi connectivity index (χ0) is 13.5. The summed E-state index contributed by atoms with van der Waals surface area (Å²) in [5.74, 6) is 0.0419. The van der Waals surface area contributed by atoms with Gasteiger partial charge in [0.25, 0.3) is 5.91 Å². The zero-order valence-corrected chi connectivity index (χ0v) is 12.1. The molecule has 0 heterocycles. The van der Waals surface area contributed by atoms with Crippen LogP contribution in [0.5, 0.6) is 5.75 Å². The molecule has 0 spiro atoms. The molecule has 0 aliphatic heterocycles. The number of methoxy groups -OCH3 is 1. The molecule has 0 aliphatic carbocycles. The molecule has 1 amide bonds. The predicted octanol–water partition coefficient (Wildman–Crippen LogP) is 1.45. The number of ether oxygens (including phenoxy) is 2. The van der Waals surface area contributed by atoms with Crippen LogP contribution in [-0.4, -0.2) is 31.3 Å². The maximum absolute atomic E-state index is 11.9. The van der Waals surface area contributed by atoms with E-state index >= 15 is 0 Å². The van der Waals surface area contributed by atoms with Gasteiger partial charge in [-0.25, -0.2) is 0 Å². The van der Waals surface area contributed by atoms with Crippen molar-refractivity contribution in [2.75, 3.05) is 20.3 Å². The summed E-state index contributed by atoms with van der Waals surface area (Å²) in [5.41, 5.74) is 5.62. The maximum Gasteiger partial charge on any atom is 0.261 e. The Hall–Kier alpha value is -1.18. The minimum absolute atomic E-state index is 0.0807. The lowest BCUT2D eigenvalue weighted by Crippen LogP contribution is -2.35. The van der Waals surface area contributed by atoms with Gasteiger partial charge < -0.3 is 15.2 Å². The summed E-state index contributed by atoms with van der Waals surface area (Å²) in [6, 6.07) is 5.10. The number of carbonyl (C=O) groups excluding carboxylic acids is 1. The number of nitrogens with one attached hydrogen (secondary N) is 1. The standard InChI is InChI=1S/C11H13BrN2O3S/c1-16-4-5-17-9-3-2-7(12)6-8(9)10(15)14-11(13)18/h2-3,6H,4-5H2,1H3,(H3,13,14,15,18). The summed E-state index contributed by atoms with van der Waals surface area (Å²) in [5, 5.41) is 2.27. The van der Waals surface area contributed by atoms with E-state index in [0.717, 1.165) is 4.47 Å². The third-order valence-electron chi connectivity index (χ3n) is 1.97. The number of hydrogen-bond acceptors (Lipinski definition) is 4. The average molecular weight is 333 g/mol. The van der Waals surface area contributed by atoms with Crippen molar-refractivity contribution in [3.8, 4) is 5.75 Å². The van der Waals surface area contributed by atoms with E-state index in [4.69, 9.17) is 15.2 Å². The van der Waals surface area contributed by atoms with E-state index in [1.165, 1.54) is 0 Å². The second-order valence-electron chi connectivity index (χ2n) is 3.30. The molecule has 18 heavy (non-hydrogen) atoms. The molecule has 0 aliphatic rings. The minimum Gasteiger partial charge on any atom is -0.490 e. The molecule has 0 atom stereocenters. The van der Waals surface area contributed by atoms with Crippen molar-refractivity contribution >= 4 is 39.2 Å². The molecule has 0 saturated carbocycles. The first kappa shape index (κ1) is 14.9. The Morgan fingerprint density at radius 2 is 2.22 bits per heavy atom. The SMILES string of the molecule is COCCOc1ccc(Br)cc1C(=O)NC(N)=S. The van der Waals surface area contributed by atoms with Crippen LogP contribution in [0.4, 0.5) is 0 Å². The number of nitrogens with two attached hydrogens (primary N) is 1. The fourth-order valence-corrected chi connectivity index (χ4v) is 1.67.